The van der Waals surface area contributed by atoms with Gasteiger partial charge in [-0.15, -0.1) is 0 Å². The Morgan fingerprint density at radius 1 is 0.853 bits per heavy atom. The van der Waals surface area contributed by atoms with Gasteiger partial charge in [0.15, 0.2) is 0 Å². The number of nitrogens with one attached hydrogen (secondary N) is 2. The zero-order valence-corrected chi connectivity index (χ0v) is 20.2. The predicted octanol–water partition coefficient (Wildman–Crippen LogP) is 5.37. The summed E-state index contributed by atoms with van der Waals surface area (Å²) in [5.74, 6) is 2.62. The molecule has 1 heterocycles. The lowest BCUT2D eigenvalue weighted by Gasteiger charge is -2.30. The van der Waals surface area contributed by atoms with Gasteiger partial charge in [-0.05, 0) is 54.7 Å². The van der Waals surface area contributed by atoms with Crippen LogP contribution in [0.15, 0.2) is 60.7 Å². The van der Waals surface area contributed by atoms with Gasteiger partial charge in [0, 0.05) is 43.7 Å². The number of methoxy groups -OCH3 is 1. The molecule has 6 nitrogen and oxygen atoms in total. The summed E-state index contributed by atoms with van der Waals surface area (Å²) in [5, 5.41) is 11.0. The maximum Gasteiger partial charge on any atom is 0.225 e. The summed E-state index contributed by atoms with van der Waals surface area (Å²) in [4.78, 5) is 11.6. The van der Waals surface area contributed by atoms with Crippen LogP contribution < -0.4 is 20.3 Å². The second-order valence-corrected chi connectivity index (χ2v) is 9.32. The van der Waals surface area contributed by atoms with E-state index in [1.807, 2.05) is 26.2 Å². The summed E-state index contributed by atoms with van der Waals surface area (Å²) >= 11 is 0. The quantitative estimate of drug-likeness (QED) is 0.391. The normalized spacial score (nSPS) is 18.2. The van der Waals surface area contributed by atoms with Gasteiger partial charge in [-0.1, -0.05) is 42.5 Å². The van der Waals surface area contributed by atoms with Crippen LogP contribution in [0.3, 0.4) is 0 Å². The molecule has 3 aromatic carbocycles. The number of hydrogen-bond acceptors (Lipinski definition) is 6. The molecule has 5 rings (SSSR count). The van der Waals surface area contributed by atoms with E-state index in [4.69, 9.17) is 14.7 Å². The van der Waals surface area contributed by atoms with E-state index in [0.29, 0.717) is 12.1 Å². The van der Waals surface area contributed by atoms with Crippen LogP contribution in [0, 0.1) is 0 Å². The topological polar surface area (TPSA) is 62.3 Å². The van der Waals surface area contributed by atoms with E-state index in [1.165, 1.54) is 16.3 Å². The van der Waals surface area contributed by atoms with Crippen LogP contribution >= 0.6 is 0 Å². The molecule has 176 valence electrons. The maximum absolute atomic E-state index is 5.67. The Balaban J connectivity index is 1.22. The molecule has 0 bridgehead atoms. The number of para-hydroxylation sites is 1. The van der Waals surface area contributed by atoms with E-state index in [9.17, 15) is 0 Å². The van der Waals surface area contributed by atoms with Crippen LogP contribution in [-0.4, -0.2) is 43.3 Å². The number of hydrogen-bond donors (Lipinski definition) is 2. The minimum Gasteiger partial charge on any atom is -0.496 e. The highest BCUT2D eigenvalue weighted by atomic mass is 16.5. The molecule has 1 fully saturated rings. The molecule has 1 saturated carbocycles. The average molecular weight is 456 g/mol. The number of benzene rings is 3. The van der Waals surface area contributed by atoms with Crippen molar-refractivity contribution >= 4 is 33.4 Å². The van der Waals surface area contributed by atoms with E-state index >= 15 is 0 Å². The first-order valence-electron chi connectivity index (χ1n) is 12.1. The number of rotatable bonds is 7. The summed E-state index contributed by atoms with van der Waals surface area (Å²) in [6.45, 7) is 0.813. The van der Waals surface area contributed by atoms with Crippen LogP contribution in [0.4, 0.5) is 11.8 Å². The fraction of sp³-hybridized carbons (Fsp3) is 0.357. The number of anilines is 2. The molecule has 0 aliphatic heterocycles. The number of ether oxygens (including phenoxy) is 1. The van der Waals surface area contributed by atoms with Gasteiger partial charge in [-0.2, -0.15) is 4.98 Å². The molecule has 4 aromatic rings. The predicted molar refractivity (Wildman–Crippen MR) is 141 cm³/mol. The average Bonchev–Trinajstić information content (AvgIpc) is 2.87. The van der Waals surface area contributed by atoms with Gasteiger partial charge in [-0.3, -0.25) is 0 Å². The SMILES string of the molecule is COc1ccc2ccccc2c1CNC1CCC(Nc2nc(N(C)C)c3ccccc3n2)CC1. The standard InChI is InChI=1S/C28H33N5O/c1-33(2)27-23-10-6-7-11-25(23)31-28(32-27)30-21-15-13-20(14-16-21)29-18-24-22-9-5-4-8-19(22)12-17-26(24)34-3/h4-12,17,20-21,29H,13-16,18H2,1-3H3,(H,30,31,32). The first-order valence-corrected chi connectivity index (χ1v) is 12.1. The number of fused-ring (bicyclic) bond motifs is 2. The van der Waals surface area contributed by atoms with Gasteiger partial charge in [0.25, 0.3) is 0 Å². The number of aromatic nitrogens is 2. The molecule has 1 aromatic heterocycles. The Labute approximate surface area is 201 Å². The fourth-order valence-electron chi connectivity index (χ4n) is 5.03. The van der Waals surface area contributed by atoms with Crippen LogP contribution in [0.1, 0.15) is 31.2 Å². The van der Waals surface area contributed by atoms with Gasteiger partial charge in [0.2, 0.25) is 5.95 Å². The van der Waals surface area contributed by atoms with Crippen molar-refractivity contribution in [3.63, 3.8) is 0 Å². The molecule has 1 aliphatic rings. The van der Waals surface area contributed by atoms with Crippen molar-refractivity contribution in [1.29, 1.82) is 0 Å². The third-order valence-corrected chi connectivity index (χ3v) is 6.85. The summed E-state index contributed by atoms with van der Waals surface area (Å²) in [5.41, 5.74) is 2.21. The monoisotopic (exact) mass is 455 g/mol. The van der Waals surface area contributed by atoms with E-state index in [2.05, 4.69) is 64.1 Å². The van der Waals surface area contributed by atoms with Crippen molar-refractivity contribution in [2.75, 3.05) is 31.4 Å². The molecule has 0 amide bonds. The Kier molecular flexibility index (Phi) is 6.50. The van der Waals surface area contributed by atoms with Gasteiger partial charge < -0.3 is 20.3 Å². The van der Waals surface area contributed by atoms with Gasteiger partial charge in [-0.25, -0.2) is 4.98 Å². The second-order valence-electron chi connectivity index (χ2n) is 9.32. The summed E-state index contributed by atoms with van der Waals surface area (Å²) in [7, 11) is 5.81. The third-order valence-electron chi connectivity index (χ3n) is 6.85. The molecule has 1 aliphatic carbocycles. The minimum absolute atomic E-state index is 0.390. The molecule has 2 N–H and O–H groups in total. The largest absolute Gasteiger partial charge is 0.496 e. The van der Waals surface area contributed by atoms with Gasteiger partial charge >= 0.3 is 0 Å². The fourth-order valence-corrected chi connectivity index (χ4v) is 5.03. The Hall–Kier alpha value is -3.38. The van der Waals surface area contributed by atoms with Gasteiger partial charge in [0.05, 0.1) is 12.6 Å². The van der Waals surface area contributed by atoms with E-state index < -0.39 is 0 Å². The molecule has 0 saturated heterocycles. The second kappa shape index (κ2) is 9.85. The molecule has 0 atom stereocenters. The molecule has 0 radical (unpaired) electrons. The molecular formula is C28H33N5O. The van der Waals surface area contributed by atoms with Crippen molar-refractivity contribution in [2.24, 2.45) is 0 Å². The molecule has 34 heavy (non-hydrogen) atoms. The molecular weight excluding hydrogens is 422 g/mol. The van der Waals surface area contributed by atoms with Gasteiger partial charge in [0.1, 0.15) is 11.6 Å². The zero-order valence-electron chi connectivity index (χ0n) is 20.2. The first-order chi connectivity index (χ1) is 16.6. The Morgan fingerprint density at radius 3 is 2.32 bits per heavy atom. The third kappa shape index (κ3) is 4.64. The molecule has 0 unspecified atom stereocenters. The highest BCUT2D eigenvalue weighted by Crippen LogP contribution is 2.29. The van der Waals surface area contributed by atoms with Crippen LogP contribution in [0.2, 0.25) is 0 Å². The highest BCUT2D eigenvalue weighted by molar-refractivity contribution is 5.90. The lowest BCUT2D eigenvalue weighted by molar-refractivity contribution is 0.348. The summed E-state index contributed by atoms with van der Waals surface area (Å²) < 4.78 is 5.67. The van der Waals surface area contributed by atoms with E-state index in [0.717, 1.165) is 60.6 Å². The first kappa shape index (κ1) is 22.4. The van der Waals surface area contributed by atoms with Crippen molar-refractivity contribution in [3.8, 4) is 5.75 Å². The highest BCUT2D eigenvalue weighted by Gasteiger charge is 2.22. The molecule has 0 spiro atoms. The lowest BCUT2D eigenvalue weighted by Crippen LogP contribution is -2.37. The zero-order chi connectivity index (χ0) is 23.5. The van der Waals surface area contributed by atoms with Crippen LogP contribution in [0.25, 0.3) is 21.7 Å². The van der Waals surface area contributed by atoms with Crippen molar-refractivity contribution in [3.05, 3.63) is 66.2 Å². The van der Waals surface area contributed by atoms with E-state index in [1.54, 1.807) is 7.11 Å². The summed E-state index contributed by atoms with van der Waals surface area (Å²) in [6.07, 6.45) is 4.44. The molecule has 6 heteroatoms. The minimum atomic E-state index is 0.390. The van der Waals surface area contributed by atoms with E-state index in [-0.39, 0.29) is 0 Å². The number of nitrogens with zero attached hydrogens (tertiary/aromatic N) is 3. The lowest BCUT2D eigenvalue weighted by atomic mass is 9.91. The van der Waals surface area contributed by atoms with Crippen molar-refractivity contribution < 1.29 is 4.74 Å². The van der Waals surface area contributed by atoms with Crippen LogP contribution in [0.5, 0.6) is 5.75 Å². The Bertz CT molecular complexity index is 1280. The van der Waals surface area contributed by atoms with Crippen molar-refractivity contribution in [2.45, 2.75) is 44.3 Å². The summed E-state index contributed by atoms with van der Waals surface area (Å²) in [6, 6.07) is 21.8. The van der Waals surface area contributed by atoms with Crippen molar-refractivity contribution in [1.82, 2.24) is 15.3 Å². The van der Waals surface area contributed by atoms with Crippen LogP contribution in [-0.2, 0) is 6.54 Å². The maximum atomic E-state index is 5.67. The Morgan fingerprint density at radius 2 is 1.56 bits per heavy atom. The smallest absolute Gasteiger partial charge is 0.225 e.